The maximum atomic E-state index is 12.6. The Morgan fingerprint density at radius 3 is 3.03 bits per heavy atom. The van der Waals surface area contributed by atoms with E-state index in [9.17, 15) is 14.4 Å². The number of nitrogens with zero attached hydrogens (tertiary/aromatic N) is 1. The number of amides is 2. The van der Waals surface area contributed by atoms with Crippen LogP contribution in [0.1, 0.15) is 26.6 Å². The molecule has 4 heterocycles. The number of benzene rings is 1. The number of thiophene rings is 1. The topological polar surface area (TPSA) is 125 Å². The Morgan fingerprint density at radius 2 is 2.17 bits per heavy atom. The number of fused-ring (bicyclic) bond motifs is 4. The fourth-order valence-electron chi connectivity index (χ4n) is 3.53. The quantitative estimate of drug-likeness (QED) is 0.479. The summed E-state index contributed by atoms with van der Waals surface area (Å²) in [6, 6.07) is 5.29. The molecule has 0 aliphatic carbocycles. The number of hydrogen-bond acceptors (Lipinski definition) is 7. The monoisotopic (exact) mass is 447 g/mol. The van der Waals surface area contributed by atoms with Crippen LogP contribution in [-0.2, 0) is 24.3 Å². The summed E-state index contributed by atoms with van der Waals surface area (Å²) in [5, 5.41) is 9.31. The van der Waals surface area contributed by atoms with Gasteiger partial charge in [-0.2, -0.15) is 0 Å². The second kappa shape index (κ2) is 8.05. The molecule has 1 aromatic carbocycles. The second-order valence-corrected chi connectivity index (χ2v) is 7.96. The van der Waals surface area contributed by atoms with Gasteiger partial charge in [0.2, 0.25) is 5.82 Å². The van der Waals surface area contributed by atoms with Crippen LogP contribution in [0.4, 0.5) is 5.69 Å². The summed E-state index contributed by atoms with van der Waals surface area (Å²) in [6.45, 7) is 1.73. The van der Waals surface area contributed by atoms with E-state index in [0.29, 0.717) is 28.2 Å². The Bertz CT molecular complexity index is 1220. The van der Waals surface area contributed by atoms with E-state index in [2.05, 4.69) is 25.9 Å². The van der Waals surface area contributed by atoms with E-state index >= 15 is 0 Å². The van der Waals surface area contributed by atoms with Gasteiger partial charge in [0.25, 0.3) is 17.4 Å². The third-order valence-electron chi connectivity index (χ3n) is 4.92. The zero-order valence-electron chi connectivity index (χ0n) is 15.7. The number of carbonyl (C=O) groups is 2. The third kappa shape index (κ3) is 3.64. The lowest BCUT2D eigenvalue weighted by molar-refractivity contribution is -0.118. The molecule has 0 spiro atoms. The number of nitrogens with one attached hydrogen (secondary N) is 4. The minimum absolute atomic E-state index is 0. The number of H-pyrrole nitrogens is 1. The van der Waals surface area contributed by atoms with Gasteiger partial charge in [0, 0.05) is 24.5 Å². The molecule has 2 aliphatic heterocycles. The first-order valence-corrected chi connectivity index (χ1v) is 9.99. The van der Waals surface area contributed by atoms with Gasteiger partial charge in [-0.1, -0.05) is 6.07 Å². The summed E-state index contributed by atoms with van der Waals surface area (Å²) in [7, 11) is 0. The normalized spacial score (nSPS) is 14.7. The van der Waals surface area contributed by atoms with Gasteiger partial charge in [0.1, 0.15) is 10.6 Å². The number of halogens is 1. The molecule has 0 saturated carbocycles. The molecule has 11 heteroatoms. The summed E-state index contributed by atoms with van der Waals surface area (Å²) in [5.41, 5.74) is 2.04. The maximum Gasteiger partial charge on any atom is 0.287 e. The van der Waals surface area contributed by atoms with E-state index in [4.69, 9.17) is 4.74 Å². The van der Waals surface area contributed by atoms with E-state index < -0.39 is 5.91 Å². The Labute approximate surface area is 180 Å². The van der Waals surface area contributed by atoms with Crippen LogP contribution in [0, 0.1) is 0 Å². The van der Waals surface area contributed by atoms with Crippen LogP contribution in [0.2, 0.25) is 0 Å². The van der Waals surface area contributed by atoms with Crippen molar-refractivity contribution in [2.24, 2.45) is 0 Å². The summed E-state index contributed by atoms with van der Waals surface area (Å²) in [5.74, 6) is -0.106. The zero-order chi connectivity index (χ0) is 20.0. The number of anilines is 1. The van der Waals surface area contributed by atoms with Crippen LogP contribution in [0.15, 0.2) is 23.0 Å². The highest BCUT2D eigenvalue weighted by atomic mass is 35.5. The van der Waals surface area contributed by atoms with Crippen molar-refractivity contribution < 1.29 is 14.3 Å². The van der Waals surface area contributed by atoms with Crippen LogP contribution in [0.25, 0.3) is 10.2 Å². The van der Waals surface area contributed by atoms with E-state index in [1.54, 1.807) is 18.2 Å². The van der Waals surface area contributed by atoms with E-state index in [1.165, 1.54) is 11.3 Å². The molecular formula is C19H18ClN5O4S. The predicted octanol–water partition coefficient (Wildman–Crippen LogP) is 1.31. The fraction of sp³-hybridized carbons (Fsp3) is 0.263. The number of hydrogen-bond donors (Lipinski definition) is 4. The Morgan fingerprint density at radius 1 is 1.30 bits per heavy atom. The molecule has 3 aromatic rings. The second-order valence-electron chi connectivity index (χ2n) is 6.88. The molecule has 2 aromatic heterocycles. The molecule has 0 saturated heterocycles. The van der Waals surface area contributed by atoms with Crippen molar-refractivity contribution in [1.29, 1.82) is 0 Å². The summed E-state index contributed by atoms with van der Waals surface area (Å²) < 4.78 is 5.32. The molecular weight excluding hydrogens is 430 g/mol. The van der Waals surface area contributed by atoms with E-state index in [0.717, 1.165) is 29.0 Å². The van der Waals surface area contributed by atoms with Crippen LogP contribution in [0.3, 0.4) is 0 Å². The lowest BCUT2D eigenvalue weighted by atomic mass is 10.1. The fourth-order valence-corrected chi connectivity index (χ4v) is 4.72. The van der Waals surface area contributed by atoms with Gasteiger partial charge < -0.3 is 25.7 Å². The lowest BCUT2D eigenvalue weighted by Gasteiger charge is -2.18. The summed E-state index contributed by atoms with van der Waals surface area (Å²) in [6.07, 6.45) is 0.857. The van der Waals surface area contributed by atoms with Gasteiger partial charge in [-0.3, -0.25) is 14.4 Å². The van der Waals surface area contributed by atoms with Crippen molar-refractivity contribution in [2.45, 2.75) is 19.5 Å². The molecule has 0 radical (unpaired) electrons. The number of aromatic amines is 1. The van der Waals surface area contributed by atoms with Gasteiger partial charge in [0.15, 0.2) is 6.61 Å². The Balaban J connectivity index is 0.00000218. The van der Waals surface area contributed by atoms with Crippen molar-refractivity contribution in [1.82, 2.24) is 20.6 Å². The van der Waals surface area contributed by atoms with Crippen LogP contribution >= 0.6 is 23.7 Å². The minimum atomic E-state index is -0.466. The number of carbonyl (C=O) groups excluding carboxylic acids is 2. The highest BCUT2D eigenvalue weighted by Crippen LogP contribution is 2.30. The van der Waals surface area contributed by atoms with Crippen molar-refractivity contribution in [3.8, 4) is 5.75 Å². The standard InChI is InChI=1S/C19H17N5O4S.ClH/c25-14-8-28-12-2-1-9(5-11(12)22-14)6-21-18(27)16-23-17(26)15-10-7-20-4-3-13(10)29-19(15)24-16;/h1-2,5,20H,3-4,6-8H2,(H,21,27)(H,22,25)(H,23,24,26);1H. The van der Waals surface area contributed by atoms with Crippen LogP contribution in [-0.4, -0.2) is 34.9 Å². The van der Waals surface area contributed by atoms with Crippen molar-refractivity contribution >= 4 is 51.5 Å². The Kier molecular flexibility index (Phi) is 5.46. The van der Waals surface area contributed by atoms with Crippen molar-refractivity contribution in [2.75, 3.05) is 18.5 Å². The van der Waals surface area contributed by atoms with Gasteiger partial charge in [-0.25, -0.2) is 4.98 Å². The molecule has 4 N–H and O–H groups in total. The molecule has 0 atom stereocenters. The zero-order valence-corrected chi connectivity index (χ0v) is 17.3. The van der Waals surface area contributed by atoms with E-state index in [1.807, 2.05) is 0 Å². The van der Waals surface area contributed by atoms with Crippen molar-refractivity contribution in [3.63, 3.8) is 0 Å². The highest BCUT2D eigenvalue weighted by Gasteiger charge is 2.21. The average molecular weight is 448 g/mol. The van der Waals surface area contributed by atoms with Gasteiger partial charge >= 0.3 is 0 Å². The van der Waals surface area contributed by atoms with Crippen LogP contribution < -0.4 is 26.2 Å². The molecule has 0 fully saturated rings. The number of aromatic nitrogens is 2. The molecule has 0 bridgehead atoms. The maximum absolute atomic E-state index is 12.6. The Hall–Kier alpha value is -2.95. The van der Waals surface area contributed by atoms with Crippen molar-refractivity contribution in [3.05, 3.63) is 50.4 Å². The first-order valence-electron chi connectivity index (χ1n) is 9.17. The predicted molar refractivity (Wildman–Crippen MR) is 115 cm³/mol. The van der Waals surface area contributed by atoms with Gasteiger partial charge in [-0.15, -0.1) is 23.7 Å². The largest absolute Gasteiger partial charge is 0.482 e. The molecule has 5 rings (SSSR count). The lowest BCUT2D eigenvalue weighted by Crippen LogP contribution is -2.28. The highest BCUT2D eigenvalue weighted by molar-refractivity contribution is 7.18. The third-order valence-corrected chi connectivity index (χ3v) is 6.11. The minimum Gasteiger partial charge on any atom is -0.482 e. The first-order chi connectivity index (χ1) is 14.1. The van der Waals surface area contributed by atoms with E-state index in [-0.39, 0.29) is 42.8 Å². The van der Waals surface area contributed by atoms with Gasteiger partial charge in [0.05, 0.1) is 11.1 Å². The summed E-state index contributed by atoms with van der Waals surface area (Å²) in [4.78, 5) is 45.3. The molecule has 0 unspecified atom stereocenters. The summed E-state index contributed by atoms with van der Waals surface area (Å²) >= 11 is 1.47. The smallest absolute Gasteiger partial charge is 0.287 e. The molecule has 2 aliphatic rings. The SMILES string of the molecule is Cl.O=C1COc2ccc(CNC(=O)c3nc4sc5c(c4c(=O)[nH]3)CNCC5)cc2N1. The molecule has 156 valence electrons. The van der Waals surface area contributed by atoms with Gasteiger partial charge in [-0.05, 0) is 29.7 Å². The number of ether oxygens (including phenoxy) is 1. The molecule has 9 nitrogen and oxygen atoms in total. The first kappa shape index (κ1) is 20.3. The number of rotatable bonds is 3. The molecule has 30 heavy (non-hydrogen) atoms. The average Bonchev–Trinajstić information content (AvgIpc) is 3.10. The molecule has 2 amide bonds. The van der Waals surface area contributed by atoms with Crippen LogP contribution in [0.5, 0.6) is 5.75 Å².